The van der Waals surface area contributed by atoms with Gasteiger partial charge in [-0.25, -0.2) is 0 Å². The van der Waals surface area contributed by atoms with Crippen LogP contribution in [0.25, 0.3) is 0 Å². The van der Waals surface area contributed by atoms with E-state index in [0.29, 0.717) is 12.5 Å². The zero-order valence-electron chi connectivity index (χ0n) is 12.3. The highest BCUT2D eigenvalue weighted by Crippen LogP contribution is 2.22. The van der Waals surface area contributed by atoms with E-state index in [9.17, 15) is 4.79 Å². The van der Waals surface area contributed by atoms with Crippen molar-refractivity contribution in [2.24, 2.45) is 23.3 Å². The molecule has 0 aromatic heterocycles. The number of carbonyl (C=O) groups excluding carboxylic acids is 1. The summed E-state index contributed by atoms with van der Waals surface area (Å²) in [5, 5.41) is 0. The number of amides is 1. The maximum absolute atomic E-state index is 11.5. The lowest BCUT2D eigenvalue weighted by molar-refractivity contribution is -0.122. The Bertz CT molecular complexity index is 207. The first kappa shape index (κ1) is 17.4. The average Bonchev–Trinajstić information content (AvgIpc) is 2.35. The highest BCUT2D eigenvalue weighted by atomic mass is 16.1. The molecule has 2 atom stereocenters. The summed E-state index contributed by atoms with van der Waals surface area (Å²) in [5.74, 6) is 0.363. The summed E-state index contributed by atoms with van der Waals surface area (Å²) >= 11 is 0. The SMILES string of the molecule is CCCCCC(CN)C[C@H](CCCCC)C(N)=O. The molecular formula is C15H32N2O. The van der Waals surface area contributed by atoms with E-state index in [1.807, 2.05) is 0 Å². The van der Waals surface area contributed by atoms with Crippen LogP contribution in [0, 0.1) is 11.8 Å². The first-order chi connectivity index (χ1) is 8.65. The minimum atomic E-state index is -0.139. The van der Waals surface area contributed by atoms with Crippen molar-refractivity contribution in [2.75, 3.05) is 6.54 Å². The van der Waals surface area contributed by atoms with Crippen LogP contribution in [0.15, 0.2) is 0 Å². The van der Waals surface area contributed by atoms with Crippen molar-refractivity contribution in [1.82, 2.24) is 0 Å². The zero-order valence-corrected chi connectivity index (χ0v) is 12.3. The van der Waals surface area contributed by atoms with Crippen LogP contribution in [0.4, 0.5) is 0 Å². The zero-order chi connectivity index (χ0) is 13.8. The van der Waals surface area contributed by atoms with Gasteiger partial charge < -0.3 is 11.5 Å². The van der Waals surface area contributed by atoms with Gasteiger partial charge in [-0.1, -0.05) is 52.4 Å². The van der Waals surface area contributed by atoms with Gasteiger partial charge >= 0.3 is 0 Å². The lowest BCUT2D eigenvalue weighted by Gasteiger charge is -2.20. The molecule has 0 spiro atoms. The smallest absolute Gasteiger partial charge is 0.220 e. The third-order valence-electron chi connectivity index (χ3n) is 3.73. The quantitative estimate of drug-likeness (QED) is 0.526. The van der Waals surface area contributed by atoms with Crippen LogP contribution in [0.5, 0.6) is 0 Å². The molecule has 0 aliphatic rings. The molecule has 108 valence electrons. The second kappa shape index (κ2) is 11.5. The van der Waals surface area contributed by atoms with Crippen LogP contribution in [-0.2, 0) is 4.79 Å². The predicted octanol–water partition coefficient (Wildman–Crippen LogP) is 3.21. The average molecular weight is 256 g/mol. The van der Waals surface area contributed by atoms with E-state index in [0.717, 1.165) is 25.7 Å². The van der Waals surface area contributed by atoms with Crippen LogP contribution in [0.2, 0.25) is 0 Å². The van der Waals surface area contributed by atoms with E-state index in [4.69, 9.17) is 11.5 Å². The van der Waals surface area contributed by atoms with Crippen molar-refractivity contribution in [3.05, 3.63) is 0 Å². The molecule has 0 aromatic rings. The van der Waals surface area contributed by atoms with Crippen molar-refractivity contribution in [3.63, 3.8) is 0 Å². The van der Waals surface area contributed by atoms with Gasteiger partial charge in [0, 0.05) is 5.92 Å². The fourth-order valence-corrected chi connectivity index (χ4v) is 2.43. The van der Waals surface area contributed by atoms with E-state index in [2.05, 4.69) is 13.8 Å². The molecule has 0 aliphatic heterocycles. The normalized spacial score (nSPS) is 14.4. The van der Waals surface area contributed by atoms with Crippen LogP contribution in [0.3, 0.4) is 0 Å². The fraction of sp³-hybridized carbons (Fsp3) is 0.933. The Hall–Kier alpha value is -0.570. The number of hydrogen-bond donors (Lipinski definition) is 2. The molecule has 1 unspecified atom stereocenters. The van der Waals surface area contributed by atoms with Gasteiger partial charge in [0.15, 0.2) is 0 Å². The first-order valence-corrected chi connectivity index (χ1v) is 7.65. The van der Waals surface area contributed by atoms with Gasteiger partial charge in [0.2, 0.25) is 5.91 Å². The van der Waals surface area contributed by atoms with E-state index in [1.165, 1.54) is 32.1 Å². The van der Waals surface area contributed by atoms with Gasteiger partial charge in [-0.15, -0.1) is 0 Å². The van der Waals surface area contributed by atoms with Crippen LogP contribution in [0.1, 0.15) is 71.6 Å². The maximum Gasteiger partial charge on any atom is 0.220 e. The Morgan fingerprint density at radius 3 is 2.00 bits per heavy atom. The summed E-state index contributed by atoms with van der Waals surface area (Å²) in [7, 11) is 0. The van der Waals surface area contributed by atoms with Crippen molar-refractivity contribution >= 4 is 5.91 Å². The van der Waals surface area contributed by atoms with Gasteiger partial charge in [-0.3, -0.25) is 4.79 Å². The molecule has 0 aliphatic carbocycles. The Morgan fingerprint density at radius 1 is 1.00 bits per heavy atom. The fourth-order valence-electron chi connectivity index (χ4n) is 2.43. The number of unbranched alkanes of at least 4 members (excludes halogenated alkanes) is 4. The van der Waals surface area contributed by atoms with Gasteiger partial charge in [-0.05, 0) is 31.7 Å². The molecule has 0 bridgehead atoms. The third-order valence-corrected chi connectivity index (χ3v) is 3.73. The molecule has 1 amide bonds. The minimum Gasteiger partial charge on any atom is -0.369 e. The number of hydrogen-bond acceptors (Lipinski definition) is 2. The monoisotopic (exact) mass is 256 g/mol. The lowest BCUT2D eigenvalue weighted by Crippen LogP contribution is -2.28. The molecule has 0 rings (SSSR count). The summed E-state index contributed by atoms with van der Waals surface area (Å²) < 4.78 is 0. The molecular weight excluding hydrogens is 224 g/mol. The van der Waals surface area contributed by atoms with Crippen LogP contribution >= 0.6 is 0 Å². The van der Waals surface area contributed by atoms with Crippen LogP contribution < -0.4 is 11.5 Å². The Balaban J connectivity index is 4.04. The molecule has 0 aromatic carbocycles. The molecule has 18 heavy (non-hydrogen) atoms. The van der Waals surface area contributed by atoms with Crippen molar-refractivity contribution in [2.45, 2.75) is 71.6 Å². The van der Waals surface area contributed by atoms with Crippen molar-refractivity contribution in [3.8, 4) is 0 Å². The summed E-state index contributed by atoms with van der Waals surface area (Å²) in [4.78, 5) is 11.5. The Kier molecular flexibility index (Phi) is 11.2. The number of nitrogens with two attached hydrogens (primary N) is 2. The second-order valence-electron chi connectivity index (χ2n) is 5.43. The first-order valence-electron chi connectivity index (χ1n) is 7.65. The number of rotatable bonds is 12. The van der Waals surface area contributed by atoms with Gasteiger partial charge in [0.1, 0.15) is 0 Å². The molecule has 0 fully saturated rings. The van der Waals surface area contributed by atoms with E-state index in [-0.39, 0.29) is 11.8 Å². The Labute approximate surface area is 113 Å². The highest BCUT2D eigenvalue weighted by molar-refractivity contribution is 5.76. The number of primary amides is 1. The minimum absolute atomic E-state index is 0.0340. The number of carbonyl (C=O) groups is 1. The second-order valence-corrected chi connectivity index (χ2v) is 5.43. The van der Waals surface area contributed by atoms with E-state index < -0.39 is 0 Å². The van der Waals surface area contributed by atoms with Gasteiger partial charge in [0.25, 0.3) is 0 Å². The Morgan fingerprint density at radius 2 is 1.56 bits per heavy atom. The van der Waals surface area contributed by atoms with Crippen molar-refractivity contribution < 1.29 is 4.79 Å². The molecule has 0 heterocycles. The standard InChI is InChI=1S/C15H32N2O/c1-3-5-7-9-13(12-16)11-14(15(17)18)10-8-6-4-2/h13-14H,3-12,16H2,1-2H3,(H2,17,18)/t13?,14-/m0/s1. The molecule has 0 saturated carbocycles. The largest absolute Gasteiger partial charge is 0.369 e. The van der Waals surface area contributed by atoms with Gasteiger partial charge in [-0.2, -0.15) is 0 Å². The molecule has 0 radical (unpaired) electrons. The van der Waals surface area contributed by atoms with Gasteiger partial charge in [0.05, 0.1) is 0 Å². The highest BCUT2D eigenvalue weighted by Gasteiger charge is 2.19. The predicted molar refractivity (Wildman–Crippen MR) is 78.1 cm³/mol. The van der Waals surface area contributed by atoms with E-state index in [1.54, 1.807) is 0 Å². The molecule has 3 nitrogen and oxygen atoms in total. The topological polar surface area (TPSA) is 69.1 Å². The molecule has 0 saturated heterocycles. The van der Waals surface area contributed by atoms with Crippen molar-refractivity contribution in [1.29, 1.82) is 0 Å². The summed E-state index contributed by atoms with van der Waals surface area (Å²) in [6, 6.07) is 0. The summed E-state index contributed by atoms with van der Waals surface area (Å²) in [5.41, 5.74) is 11.3. The summed E-state index contributed by atoms with van der Waals surface area (Å²) in [6.07, 6.45) is 10.2. The van der Waals surface area contributed by atoms with E-state index >= 15 is 0 Å². The lowest BCUT2D eigenvalue weighted by atomic mass is 9.87. The molecule has 4 N–H and O–H groups in total. The van der Waals surface area contributed by atoms with Crippen LogP contribution in [-0.4, -0.2) is 12.5 Å². The summed E-state index contributed by atoms with van der Waals surface area (Å²) in [6.45, 7) is 5.06. The third kappa shape index (κ3) is 8.51. The maximum atomic E-state index is 11.5. The molecule has 3 heteroatoms.